The van der Waals surface area contributed by atoms with Crippen molar-refractivity contribution in [1.29, 1.82) is 0 Å². The van der Waals surface area contributed by atoms with E-state index < -0.39 is 29.7 Å². The number of carboxylic acid groups (broad SMARTS) is 1. The Bertz CT molecular complexity index is 852. The summed E-state index contributed by atoms with van der Waals surface area (Å²) in [5.41, 5.74) is -0.575. The molecule has 0 saturated heterocycles. The van der Waals surface area contributed by atoms with Gasteiger partial charge in [0.15, 0.2) is 4.80 Å². The Morgan fingerprint density at radius 2 is 2.00 bits per heavy atom. The van der Waals surface area contributed by atoms with E-state index in [0.717, 1.165) is 29.5 Å². The number of aliphatic carboxylic acids is 1. The molecule has 1 N–H and O–H groups in total. The molecule has 0 spiro atoms. The first kappa shape index (κ1) is 17.9. The van der Waals surface area contributed by atoms with Crippen LogP contribution in [0.1, 0.15) is 34.6 Å². The molecule has 0 aliphatic heterocycles. The fourth-order valence-corrected chi connectivity index (χ4v) is 2.98. The average molecular weight is 358 g/mol. The van der Waals surface area contributed by atoms with Crippen LogP contribution in [0.3, 0.4) is 0 Å². The van der Waals surface area contributed by atoms with Gasteiger partial charge in [0.1, 0.15) is 6.04 Å². The van der Waals surface area contributed by atoms with E-state index in [1.807, 2.05) is 0 Å². The number of halogens is 3. The highest BCUT2D eigenvalue weighted by Crippen LogP contribution is 2.29. The quantitative estimate of drug-likeness (QED) is 0.915. The molecule has 0 saturated carbocycles. The van der Waals surface area contributed by atoms with Gasteiger partial charge in [-0.15, -0.1) is 11.3 Å². The van der Waals surface area contributed by atoms with Gasteiger partial charge in [-0.25, -0.2) is 4.79 Å². The summed E-state index contributed by atoms with van der Waals surface area (Å²) in [7, 11) is 0. The predicted octanol–water partition coefficient (Wildman–Crippen LogP) is 3.26. The minimum Gasteiger partial charge on any atom is -0.480 e. The molecule has 0 aliphatic rings. The van der Waals surface area contributed by atoms with E-state index in [-0.39, 0.29) is 10.4 Å². The number of hydrogen-bond acceptors (Lipinski definition) is 3. The highest BCUT2D eigenvalue weighted by molar-refractivity contribution is 7.07. The van der Waals surface area contributed by atoms with E-state index in [1.54, 1.807) is 12.3 Å². The number of hydrogen-bond donors (Lipinski definition) is 1. The Labute approximate surface area is 138 Å². The third kappa shape index (κ3) is 3.73. The van der Waals surface area contributed by atoms with Crippen molar-refractivity contribution < 1.29 is 27.9 Å². The Balaban J connectivity index is 2.47. The smallest absolute Gasteiger partial charge is 0.416 e. The summed E-state index contributed by atoms with van der Waals surface area (Å²) in [4.78, 5) is 27.2. The Hall–Kier alpha value is -2.42. The van der Waals surface area contributed by atoms with Gasteiger partial charge in [-0.3, -0.25) is 4.79 Å². The van der Waals surface area contributed by atoms with Crippen LogP contribution >= 0.6 is 11.3 Å². The van der Waals surface area contributed by atoms with Gasteiger partial charge >= 0.3 is 12.1 Å². The third-order valence-electron chi connectivity index (χ3n) is 3.30. The van der Waals surface area contributed by atoms with Crippen LogP contribution in [0.15, 0.2) is 34.6 Å². The molecule has 0 radical (unpaired) electrons. The molecule has 5 nitrogen and oxygen atoms in total. The van der Waals surface area contributed by atoms with Crippen LogP contribution in [0, 0.1) is 6.92 Å². The minimum atomic E-state index is -4.56. The molecule has 2 rings (SSSR count). The number of carbonyl (C=O) groups excluding carboxylic acids is 1. The van der Waals surface area contributed by atoms with E-state index in [9.17, 15) is 22.8 Å². The molecule has 0 aliphatic carbocycles. The standard InChI is InChI=1S/C15H13F3N2O3S/c1-8-7-24-14(20(8)9(2)13(22)23)19-12(21)10-4-3-5-11(6-10)15(16,17)18/h3-7,9H,1-2H3,(H,22,23). The van der Waals surface area contributed by atoms with Gasteiger partial charge in [-0.05, 0) is 32.0 Å². The van der Waals surface area contributed by atoms with E-state index in [4.69, 9.17) is 5.11 Å². The lowest BCUT2D eigenvalue weighted by Crippen LogP contribution is -2.26. The summed E-state index contributed by atoms with van der Waals surface area (Å²) in [6.45, 7) is 3.08. The van der Waals surface area contributed by atoms with Crippen LogP contribution in [-0.4, -0.2) is 21.6 Å². The van der Waals surface area contributed by atoms with Crippen molar-refractivity contribution in [3.05, 3.63) is 51.3 Å². The van der Waals surface area contributed by atoms with Crippen LogP contribution < -0.4 is 4.80 Å². The largest absolute Gasteiger partial charge is 0.480 e. The number of aromatic nitrogens is 1. The summed E-state index contributed by atoms with van der Waals surface area (Å²) < 4.78 is 39.5. The molecular formula is C15H13F3N2O3S. The maximum Gasteiger partial charge on any atom is 0.416 e. The summed E-state index contributed by atoms with van der Waals surface area (Å²) in [5.74, 6) is -1.97. The predicted molar refractivity (Wildman–Crippen MR) is 80.7 cm³/mol. The van der Waals surface area contributed by atoms with E-state index in [1.165, 1.54) is 17.6 Å². The van der Waals surface area contributed by atoms with Crippen molar-refractivity contribution >= 4 is 23.2 Å². The number of aryl methyl sites for hydroxylation is 1. The number of alkyl halides is 3. The summed E-state index contributed by atoms with van der Waals surface area (Å²) in [6, 6.07) is 2.98. The number of amides is 1. The molecule has 24 heavy (non-hydrogen) atoms. The number of carbonyl (C=O) groups is 2. The first-order valence-electron chi connectivity index (χ1n) is 6.77. The molecule has 1 atom stereocenters. The monoisotopic (exact) mass is 358 g/mol. The van der Waals surface area contributed by atoms with E-state index in [2.05, 4.69) is 4.99 Å². The summed E-state index contributed by atoms with van der Waals surface area (Å²) >= 11 is 1.04. The van der Waals surface area contributed by atoms with Crippen LogP contribution in [0.5, 0.6) is 0 Å². The molecule has 9 heteroatoms. The number of benzene rings is 1. The molecule has 1 aromatic heterocycles. The molecule has 0 fully saturated rings. The van der Waals surface area contributed by atoms with Crippen molar-refractivity contribution in [2.75, 3.05) is 0 Å². The topological polar surface area (TPSA) is 71.7 Å². The van der Waals surface area contributed by atoms with E-state index >= 15 is 0 Å². The lowest BCUT2D eigenvalue weighted by atomic mass is 10.1. The van der Waals surface area contributed by atoms with Gasteiger partial charge in [0.25, 0.3) is 5.91 Å². The zero-order valence-corrected chi connectivity index (χ0v) is 13.5. The van der Waals surface area contributed by atoms with Crippen LogP contribution in [0.25, 0.3) is 0 Å². The van der Waals surface area contributed by atoms with Crippen LogP contribution in [0.2, 0.25) is 0 Å². The van der Waals surface area contributed by atoms with Crippen molar-refractivity contribution in [3.63, 3.8) is 0 Å². The fourth-order valence-electron chi connectivity index (χ4n) is 2.04. The van der Waals surface area contributed by atoms with Crippen LogP contribution in [0.4, 0.5) is 13.2 Å². The average Bonchev–Trinajstić information content (AvgIpc) is 2.86. The highest BCUT2D eigenvalue weighted by Gasteiger charge is 2.30. The lowest BCUT2D eigenvalue weighted by molar-refractivity contribution is -0.140. The molecule has 1 aromatic carbocycles. The summed E-state index contributed by atoms with van der Waals surface area (Å²) in [6.07, 6.45) is -4.56. The number of rotatable bonds is 3. The maximum absolute atomic E-state index is 12.7. The van der Waals surface area contributed by atoms with Crippen molar-refractivity contribution in [1.82, 2.24) is 4.57 Å². The van der Waals surface area contributed by atoms with Crippen molar-refractivity contribution in [3.8, 4) is 0 Å². The first-order valence-corrected chi connectivity index (χ1v) is 7.65. The molecular weight excluding hydrogens is 345 g/mol. The fraction of sp³-hybridized carbons (Fsp3) is 0.267. The number of nitrogens with zero attached hydrogens (tertiary/aromatic N) is 2. The van der Waals surface area contributed by atoms with E-state index in [0.29, 0.717) is 5.69 Å². The minimum absolute atomic E-state index is 0.116. The second-order valence-electron chi connectivity index (χ2n) is 5.04. The van der Waals surface area contributed by atoms with Gasteiger partial charge in [0.05, 0.1) is 5.56 Å². The van der Waals surface area contributed by atoms with Gasteiger partial charge in [-0.2, -0.15) is 18.2 Å². The molecule has 2 aromatic rings. The number of carboxylic acids is 1. The zero-order chi connectivity index (χ0) is 18.1. The second kappa shape index (κ2) is 6.60. The molecule has 1 heterocycles. The first-order chi connectivity index (χ1) is 11.1. The normalized spacial score (nSPS) is 13.8. The van der Waals surface area contributed by atoms with Gasteiger partial charge in [0, 0.05) is 16.6 Å². The summed E-state index contributed by atoms with van der Waals surface area (Å²) in [5, 5.41) is 10.7. The molecule has 128 valence electrons. The molecule has 1 unspecified atom stereocenters. The molecule has 0 bridgehead atoms. The van der Waals surface area contributed by atoms with Gasteiger partial charge < -0.3 is 9.67 Å². The highest BCUT2D eigenvalue weighted by atomic mass is 32.1. The van der Waals surface area contributed by atoms with Crippen molar-refractivity contribution in [2.45, 2.75) is 26.1 Å². The Kier molecular flexibility index (Phi) is 4.93. The SMILES string of the molecule is Cc1csc(=NC(=O)c2cccc(C(F)(F)F)c2)n1C(C)C(=O)O. The van der Waals surface area contributed by atoms with Gasteiger partial charge in [-0.1, -0.05) is 6.07 Å². The van der Waals surface area contributed by atoms with Gasteiger partial charge in [0.2, 0.25) is 0 Å². The maximum atomic E-state index is 12.7. The lowest BCUT2D eigenvalue weighted by Gasteiger charge is -2.10. The third-order valence-corrected chi connectivity index (χ3v) is 4.26. The van der Waals surface area contributed by atoms with Crippen molar-refractivity contribution in [2.24, 2.45) is 4.99 Å². The molecule has 1 amide bonds. The Morgan fingerprint density at radius 3 is 2.58 bits per heavy atom. The zero-order valence-electron chi connectivity index (χ0n) is 12.7. The van der Waals surface area contributed by atoms with Crippen LogP contribution in [-0.2, 0) is 11.0 Å². The number of thiazole rings is 1. The second-order valence-corrected chi connectivity index (χ2v) is 5.88. The Morgan fingerprint density at radius 1 is 1.33 bits per heavy atom.